The van der Waals surface area contributed by atoms with Crippen molar-refractivity contribution in [2.75, 3.05) is 5.32 Å². The molecule has 2 aromatic rings. The molecule has 5 rings (SSSR count). The molecule has 0 bridgehead atoms. The average molecular weight is 479 g/mol. The van der Waals surface area contributed by atoms with Crippen LogP contribution in [-0.4, -0.2) is 35.3 Å². The van der Waals surface area contributed by atoms with E-state index in [9.17, 15) is 18.0 Å². The summed E-state index contributed by atoms with van der Waals surface area (Å²) in [5.74, 6) is -0.0564. The maximum atomic E-state index is 13.4. The Morgan fingerprint density at radius 3 is 2.53 bits per heavy atom. The van der Waals surface area contributed by atoms with Crippen LogP contribution in [0.5, 0.6) is 0 Å². The Labute approximate surface area is 198 Å². The van der Waals surface area contributed by atoms with Gasteiger partial charge in [0, 0.05) is 12.8 Å². The third kappa shape index (κ3) is 4.73. The topological polar surface area (TPSA) is 130 Å². The van der Waals surface area contributed by atoms with E-state index in [1.165, 1.54) is 12.4 Å². The van der Waals surface area contributed by atoms with Crippen LogP contribution in [0.4, 0.5) is 5.82 Å². The van der Waals surface area contributed by atoms with E-state index in [4.69, 9.17) is 5.26 Å². The number of nitrogens with zero attached hydrogens (tertiary/aromatic N) is 3. The smallest absolute Gasteiger partial charge is 0.233 e. The van der Waals surface area contributed by atoms with Crippen LogP contribution in [0.1, 0.15) is 80.0 Å². The fraction of sp³-hybridized carbons (Fsp3) is 0.480. The van der Waals surface area contributed by atoms with Crippen LogP contribution in [0.25, 0.3) is 0 Å². The van der Waals surface area contributed by atoms with Gasteiger partial charge in [0.25, 0.3) is 0 Å². The SMILES string of the molecule is N#Cc1cnc(NC(=O)[C@H](C[C@H]2CCC(=O)C2)c2ccc(S(=O)(=O)C3CC3)c(C3CC3)c2)cn1. The third-order valence-electron chi connectivity index (χ3n) is 6.97. The van der Waals surface area contributed by atoms with Crippen LogP contribution in [0, 0.1) is 17.2 Å². The van der Waals surface area contributed by atoms with Crippen molar-refractivity contribution >= 4 is 27.3 Å². The minimum absolute atomic E-state index is 0.106. The Morgan fingerprint density at radius 1 is 1.15 bits per heavy atom. The van der Waals surface area contributed by atoms with E-state index in [-0.39, 0.29) is 40.3 Å². The van der Waals surface area contributed by atoms with Crippen molar-refractivity contribution in [1.82, 2.24) is 9.97 Å². The highest BCUT2D eigenvalue weighted by Crippen LogP contribution is 2.47. The summed E-state index contributed by atoms with van der Waals surface area (Å²) in [7, 11) is -3.34. The second kappa shape index (κ2) is 8.91. The van der Waals surface area contributed by atoms with E-state index in [1.807, 2.05) is 12.1 Å². The maximum absolute atomic E-state index is 13.4. The second-order valence-corrected chi connectivity index (χ2v) is 11.8. The minimum Gasteiger partial charge on any atom is -0.309 e. The molecular weight excluding hydrogens is 452 g/mol. The van der Waals surface area contributed by atoms with Gasteiger partial charge in [0.05, 0.1) is 28.5 Å². The molecule has 3 saturated carbocycles. The van der Waals surface area contributed by atoms with E-state index in [0.717, 1.165) is 30.4 Å². The normalized spacial score (nSPS) is 21.1. The van der Waals surface area contributed by atoms with Crippen LogP contribution in [0.15, 0.2) is 35.5 Å². The molecule has 176 valence electrons. The lowest BCUT2D eigenvalue weighted by atomic mass is 9.86. The first-order valence-electron chi connectivity index (χ1n) is 11.8. The Morgan fingerprint density at radius 2 is 1.94 bits per heavy atom. The zero-order valence-electron chi connectivity index (χ0n) is 18.7. The zero-order chi connectivity index (χ0) is 23.9. The minimum atomic E-state index is -3.34. The van der Waals surface area contributed by atoms with E-state index >= 15 is 0 Å². The highest BCUT2D eigenvalue weighted by molar-refractivity contribution is 7.92. The standard InChI is InChI=1S/C25H26N4O4S/c26-12-18-13-28-24(14-27-18)29-25(31)22(10-15-1-5-19(30)9-15)17-4-8-23(21(11-17)16-2-3-16)34(32,33)20-6-7-20/h4,8,11,13-16,20,22H,1-3,5-7,9-10H2,(H,28,29,31)/t15-,22+/m0/s1. The Balaban J connectivity index is 1.46. The van der Waals surface area contributed by atoms with E-state index in [0.29, 0.717) is 37.0 Å². The van der Waals surface area contributed by atoms with Crippen molar-refractivity contribution < 1.29 is 18.0 Å². The van der Waals surface area contributed by atoms with Crippen LogP contribution < -0.4 is 5.32 Å². The van der Waals surface area contributed by atoms with E-state index in [1.54, 1.807) is 12.1 Å². The number of nitriles is 1. The second-order valence-electron chi connectivity index (χ2n) is 9.64. The van der Waals surface area contributed by atoms with Crippen molar-refractivity contribution in [3.8, 4) is 6.07 Å². The molecular formula is C25H26N4O4S. The molecule has 1 aromatic heterocycles. The monoisotopic (exact) mass is 478 g/mol. The van der Waals surface area contributed by atoms with E-state index < -0.39 is 15.8 Å². The molecule has 1 heterocycles. The third-order valence-corrected chi connectivity index (χ3v) is 9.31. The summed E-state index contributed by atoms with van der Waals surface area (Å²) in [5, 5.41) is 11.4. The van der Waals surface area contributed by atoms with Crippen LogP contribution in [0.3, 0.4) is 0 Å². The van der Waals surface area contributed by atoms with Gasteiger partial charge in [0.1, 0.15) is 11.9 Å². The van der Waals surface area contributed by atoms with Crippen molar-refractivity contribution in [2.24, 2.45) is 5.92 Å². The summed E-state index contributed by atoms with van der Waals surface area (Å²) in [6, 6.07) is 7.23. The largest absolute Gasteiger partial charge is 0.309 e. The molecule has 0 saturated heterocycles. The summed E-state index contributed by atoms with van der Waals surface area (Å²) in [6.45, 7) is 0. The number of hydrogen-bond acceptors (Lipinski definition) is 7. The van der Waals surface area contributed by atoms with Crippen molar-refractivity contribution in [3.63, 3.8) is 0 Å². The van der Waals surface area contributed by atoms with Gasteiger partial charge in [-0.25, -0.2) is 18.4 Å². The molecule has 0 spiro atoms. The Kier molecular flexibility index (Phi) is 5.94. The zero-order valence-corrected chi connectivity index (χ0v) is 19.6. The molecule has 0 radical (unpaired) electrons. The van der Waals surface area contributed by atoms with Gasteiger partial charge in [0.2, 0.25) is 5.91 Å². The number of carbonyl (C=O) groups is 2. The van der Waals surface area contributed by atoms with Gasteiger partial charge < -0.3 is 5.32 Å². The van der Waals surface area contributed by atoms with Crippen LogP contribution in [0.2, 0.25) is 0 Å². The van der Waals surface area contributed by atoms with Gasteiger partial charge in [0.15, 0.2) is 21.3 Å². The van der Waals surface area contributed by atoms with Gasteiger partial charge in [-0.3, -0.25) is 9.59 Å². The van der Waals surface area contributed by atoms with Crippen LogP contribution >= 0.6 is 0 Å². The number of amides is 1. The lowest BCUT2D eigenvalue weighted by molar-refractivity contribution is -0.119. The summed E-state index contributed by atoms with van der Waals surface area (Å²) >= 11 is 0. The van der Waals surface area contributed by atoms with Gasteiger partial charge in [-0.1, -0.05) is 12.1 Å². The van der Waals surface area contributed by atoms with Crippen molar-refractivity contribution in [3.05, 3.63) is 47.4 Å². The molecule has 1 N–H and O–H groups in total. The first kappa shape index (κ1) is 22.7. The predicted octanol–water partition coefficient (Wildman–Crippen LogP) is 3.64. The number of sulfone groups is 1. The van der Waals surface area contributed by atoms with Crippen molar-refractivity contribution in [1.29, 1.82) is 5.26 Å². The average Bonchev–Trinajstić information content (AvgIpc) is 3.75. The number of hydrogen-bond donors (Lipinski definition) is 1. The first-order chi connectivity index (χ1) is 16.3. The number of nitrogens with one attached hydrogen (secondary N) is 1. The lowest BCUT2D eigenvalue weighted by Crippen LogP contribution is -2.24. The predicted molar refractivity (Wildman–Crippen MR) is 124 cm³/mol. The van der Waals surface area contributed by atoms with Gasteiger partial charge in [-0.2, -0.15) is 5.26 Å². The number of ketones is 1. The molecule has 2 atom stereocenters. The number of aromatic nitrogens is 2. The number of carbonyl (C=O) groups excluding carboxylic acids is 2. The molecule has 3 aliphatic rings. The highest BCUT2D eigenvalue weighted by atomic mass is 32.2. The first-order valence-corrected chi connectivity index (χ1v) is 13.3. The summed E-state index contributed by atoms with van der Waals surface area (Å²) in [5.41, 5.74) is 1.73. The molecule has 0 unspecified atom stereocenters. The molecule has 1 amide bonds. The Bertz CT molecular complexity index is 1270. The summed E-state index contributed by atoms with van der Waals surface area (Å²) in [6.07, 6.45) is 8.20. The quantitative estimate of drug-likeness (QED) is 0.613. The number of anilines is 1. The molecule has 3 aliphatic carbocycles. The maximum Gasteiger partial charge on any atom is 0.233 e. The van der Waals surface area contributed by atoms with Gasteiger partial charge in [-0.05, 0) is 67.6 Å². The molecule has 3 fully saturated rings. The Hall–Kier alpha value is -3.12. The van der Waals surface area contributed by atoms with Crippen molar-refractivity contribution in [2.45, 2.75) is 73.3 Å². The molecule has 34 heavy (non-hydrogen) atoms. The lowest BCUT2D eigenvalue weighted by Gasteiger charge is -2.22. The fourth-order valence-corrected chi connectivity index (χ4v) is 6.73. The number of rotatable bonds is 8. The van der Waals surface area contributed by atoms with Gasteiger partial charge in [-0.15, -0.1) is 0 Å². The summed E-state index contributed by atoms with van der Waals surface area (Å²) in [4.78, 5) is 33.7. The summed E-state index contributed by atoms with van der Waals surface area (Å²) < 4.78 is 26.0. The molecule has 9 heteroatoms. The molecule has 1 aromatic carbocycles. The van der Waals surface area contributed by atoms with Gasteiger partial charge >= 0.3 is 0 Å². The fourth-order valence-electron chi connectivity index (χ4n) is 4.80. The molecule has 8 nitrogen and oxygen atoms in total. The van der Waals surface area contributed by atoms with E-state index in [2.05, 4.69) is 15.3 Å². The molecule has 0 aliphatic heterocycles. The van der Waals surface area contributed by atoms with Crippen LogP contribution in [-0.2, 0) is 19.4 Å². The number of Topliss-reactive ketones (excluding diaryl/α,β-unsaturated/α-hetero) is 1. The highest BCUT2D eigenvalue weighted by Gasteiger charge is 2.41. The number of benzene rings is 1.